The predicted molar refractivity (Wildman–Crippen MR) is 94.8 cm³/mol. The number of hydrogen-bond acceptors (Lipinski definition) is 2. The van der Waals surface area contributed by atoms with Gasteiger partial charge in [0, 0.05) is 16.2 Å². The van der Waals surface area contributed by atoms with Gasteiger partial charge in [0.15, 0.2) is 0 Å². The molecule has 0 amide bonds. The van der Waals surface area contributed by atoms with Gasteiger partial charge in [-0.2, -0.15) is 13.2 Å². The molecule has 0 fully saturated rings. The van der Waals surface area contributed by atoms with Gasteiger partial charge in [-0.05, 0) is 47.6 Å². The van der Waals surface area contributed by atoms with Crippen LogP contribution in [0.25, 0.3) is 0 Å². The molecule has 0 saturated carbocycles. The highest BCUT2D eigenvalue weighted by atomic mass is 127. The minimum atomic E-state index is -4.40. The SMILES string of the molecule is C[C@@H]1Cc2cc(Oc3ncc(C(F)(F)F)cc3CI)ccc2[C@@H]1C. The fraction of sp³-hybridized carbons (Fsp3) is 0.389. The molecule has 24 heavy (non-hydrogen) atoms. The third kappa shape index (κ3) is 3.38. The molecule has 0 saturated heterocycles. The Hall–Kier alpha value is -1.31. The first kappa shape index (κ1) is 17.5. The fourth-order valence-corrected chi connectivity index (χ4v) is 3.60. The minimum Gasteiger partial charge on any atom is -0.439 e. The van der Waals surface area contributed by atoms with Gasteiger partial charge in [-0.25, -0.2) is 4.98 Å². The number of pyridine rings is 1. The van der Waals surface area contributed by atoms with Crippen molar-refractivity contribution < 1.29 is 17.9 Å². The Kier molecular flexibility index (Phi) is 4.77. The third-order valence-electron chi connectivity index (χ3n) is 4.61. The van der Waals surface area contributed by atoms with Crippen LogP contribution >= 0.6 is 22.6 Å². The molecule has 0 aliphatic heterocycles. The molecule has 6 heteroatoms. The Morgan fingerprint density at radius 3 is 2.67 bits per heavy atom. The molecule has 0 spiro atoms. The summed E-state index contributed by atoms with van der Waals surface area (Å²) < 4.78 is 44.6. The summed E-state index contributed by atoms with van der Waals surface area (Å²) in [7, 11) is 0. The Bertz CT molecular complexity index is 760. The van der Waals surface area contributed by atoms with Crippen molar-refractivity contribution in [2.24, 2.45) is 5.92 Å². The van der Waals surface area contributed by atoms with Gasteiger partial charge in [-0.1, -0.05) is 42.5 Å². The lowest BCUT2D eigenvalue weighted by Crippen LogP contribution is -2.07. The minimum absolute atomic E-state index is 0.233. The van der Waals surface area contributed by atoms with Crippen molar-refractivity contribution in [3.8, 4) is 11.6 Å². The van der Waals surface area contributed by atoms with Crippen molar-refractivity contribution in [3.63, 3.8) is 0 Å². The van der Waals surface area contributed by atoms with Gasteiger partial charge in [0.05, 0.1) is 5.56 Å². The van der Waals surface area contributed by atoms with Crippen LogP contribution in [0.1, 0.15) is 42.0 Å². The fourth-order valence-electron chi connectivity index (χ4n) is 3.05. The van der Waals surface area contributed by atoms with Crippen LogP contribution in [0.5, 0.6) is 11.6 Å². The number of rotatable bonds is 3. The van der Waals surface area contributed by atoms with Crippen molar-refractivity contribution in [2.45, 2.75) is 36.8 Å². The lowest BCUT2D eigenvalue weighted by atomic mass is 9.97. The largest absolute Gasteiger partial charge is 0.439 e. The average molecular weight is 447 g/mol. The van der Waals surface area contributed by atoms with Crippen molar-refractivity contribution in [2.75, 3.05) is 0 Å². The standard InChI is InChI=1S/C18H17F3INO/c1-10-5-12-7-15(3-4-16(12)11(10)2)24-17-13(8-22)6-14(9-23-17)18(19,20)21/h3-4,6-7,9-11H,5,8H2,1-2H3/t10-,11-/m1/s1. The molecule has 1 heterocycles. The normalized spacial score (nSPS) is 20.1. The summed E-state index contributed by atoms with van der Waals surface area (Å²) in [6, 6.07) is 6.99. The van der Waals surface area contributed by atoms with E-state index in [1.165, 1.54) is 11.1 Å². The van der Waals surface area contributed by atoms with E-state index in [-0.39, 0.29) is 5.88 Å². The van der Waals surface area contributed by atoms with E-state index in [0.717, 1.165) is 18.7 Å². The zero-order chi connectivity index (χ0) is 17.5. The Balaban J connectivity index is 1.88. The highest BCUT2D eigenvalue weighted by Gasteiger charge is 2.32. The predicted octanol–water partition coefficient (Wildman–Crippen LogP) is 6.12. The van der Waals surface area contributed by atoms with Crippen molar-refractivity contribution >= 4 is 22.6 Å². The molecule has 2 aromatic rings. The number of ether oxygens (including phenoxy) is 1. The van der Waals surface area contributed by atoms with Gasteiger partial charge in [0.2, 0.25) is 5.88 Å². The van der Waals surface area contributed by atoms with Gasteiger partial charge in [-0.3, -0.25) is 0 Å². The summed E-state index contributed by atoms with van der Waals surface area (Å²) in [5.74, 6) is 1.96. The molecule has 1 aliphatic rings. The van der Waals surface area contributed by atoms with Crippen molar-refractivity contribution in [3.05, 3.63) is 52.7 Å². The van der Waals surface area contributed by atoms with Gasteiger partial charge in [0.1, 0.15) is 5.75 Å². The van der Waals surface area contributed by atoms with Crippen LogP contribution in [0.4, 0.5) is 13.2 Å². The summed E-state index contributed by atoms with van der Waals surface area (Å²) in [5.41, 5.74) is 2.26. The molecule has 1 aromatic carbocycles. The quantitative estimate of drug-likeness (QED) is 0.418. The van der Waals surface area contributed by atoms with E-state index in [1.807, 2.05) is 40.8 Å². The molecular formula is C18H17F3INO. The second kappa shape index (κ2) is 6.54. The zero-order valence-electron chi connectivity index (χ0n) is 13.3. The number of nitrogens with zero attached hydrogens (tertiary/aromatic N) is 1. The van der Waals surface area contributed by atoms with Crippen LogP contribution < -0.4 is 4.74 Å². The second-order valence-electron chi connectivity index (χ2n) is 6.25. The van der Waals surface area contributed by atoms with Crippen LogP contribution in [0.3, 0.4) is 0 Å². The number of aromatic nitrogens is 1. The maximum absolute atomic E-state index is 12.8. The Morgan fingerprint density at radius 1 is 1.25 bits per heavy atom. The average Bonchev–Trinajstić information content (AvgIpc) is 2.81. The molecule has 2 nitrogen and oxygen atoms in total. The molecule has 128 valence electrons. The van der Waals surface area contributed by atoms with E-state index < -0.39 is 11.7 Å². The number of alkyl halides is 4. The zero-order valence-corrected chi connectivity index (χ0v) is 15.5. The molecule has 3 rings (SSSR count). The number of hydrogen-bond donors (Lipinski definition) is 0. The van der Waals surface area contributed by atoms with Crippen LogP contribution in [-0.2, 0) is 17.0 Å². The molecule has 0 radical (unpaired) electrons. The first-order valence-corrected chi connectivity index (χ1v) is 9.25. The summed E-state index contributed by atoms with van der Waals surface area (Å²) in [5, 5.41) is 0. The van der Waals surface area contributed by atoms with Gasteiger partial charge in [-0.15, -0.1) is 0 Å². The monoisotopic (exact) mass is 447 g/mol. The number of benzene rings is 1. The van der Waals surface area contributed by atoms with Gasteiger partial charge in [0.25, 0.3) is 0 Å². The number of halogens is 4. The van der Waals surface area contributed by atoms with Gasteiger partial charge >= 0.3 is 6.18 Å². The van der Waals surface area contributed by atoms with Crippen molar-refractivity contribution in [1.82, 2.24) is 4.98 Å². The molecule has 0 unspecified atom stereocenters. The van der Waals surface area contributed by atoms with E-state index in [0.29, 0.717) is 27.6 Å². The van der Waals surface area contributed by atoms with E-state index in [4.69, 9.17) is 4.74 Å². The second-order valence-corrected chi connectivity index (χ2v) is 7.02. The lowest BCUT2D eigenvalue weighted by molar-refractivity contribution is -0.137. The maximum atomic E-state index is 12.8. The molecule has 0 bridgehead atoms. The van der Waals surface area contributed by atoms with E-state index >= 15 is 0 Å². The van der Waals surface area contributed by atoms with Crippen LogP contribution in [0, 0.1) is 5.92 Å². The Labute approximate surface area is 152 Å². The third-order valence-corrected chi connectivity index (χ3v) is 5.43. The smallest absolute Gasteiger partial charge is 0.417 e. The highest BCUT2D eigenvalue weighted by Crippen LogP contribution is 2.40. The van der Waals surface area contributed by atoms with Crippen LogP contribution in [-0.4, -0.2) is 4.98 Å². The molecule has 1 aliphatic carbocycles. The maximum Gasteiger partial charge on any atom is 0.417 e. The first-order valence-electron chi connectivity index (χ1n) is 7.72. The van der Waals surface area contributed by atoms with Crippen LogP contribution in [0.15, 0.2) is 30.5 Å². The van der Waals surface area contributed by atoms with E-state index in [2.05, 4.69) is 18.8 Å². The molecule has 0 N–H and O–H groups in total. The summed E-state index contributed by atoms with van der Waals surface area (Å²) in [4.78, 5) is 3.89. The molecule has 1 aromatic heterocycles. The lowest BCUT2D eigenvalue weighted by Gasteiger charge is -2.13. The Morgan fingerprint density at radius 2 is 2.00 bits per heavy atom. The number of fused-ring (bicyclic) bond motifs is 1. The first-order chi connectivity index (χ1) is 11.3. The molecule has 2 atom stereocenters. The van der Waals surface area contributed by atoms with Gasteiger partial charge < -0.3 is 4.74 Å². The van der Waals surface area contributed by atoms with E-state index in [1.54, 1.807) is 0 Å². The highest BCUT2D eigenvalue weighted by molar-refractivity contribution is 14.1. The molecular weight excluding hydrogens is 430 g/mol. The topological polar surface area (TPSA) is 22.1 Å². The van der Waals surface area contributed by atoms with E-state index in [9.17, 15) is 13.2 Å². The van der Waals surface area contributed by atoms with Crippen LogP contribution in [0.2, 0.25) is 0 Å². The summed E-state index contributed by atoms with van der Waals surface area (Å²) in [6.45, 7) is 4.43. The van der Waals surface area contributed by atoms with Crippen molar-refractivity contribution in [1.29, 1.82) is 0 Å². The summed E-state index contributed by atoms with van der Waals surface area (Å²) in [6.07, 6.45) is -2.58. The summed E-state index contributed by atoms with van der Waals surface area (Å²) >= 11 is 2.01.